The number of carbonyl (C=O) groups is 2. The minimum absolute atomic E-state index is 0.00468. The highest BCUT2D eigenvalue weighted by Crippen LogP contribution is 2.26. The molecule has 2 amide bonds. The lowest BCUT2D eigenvalue weighted by molar-refractivity contribution is -0.140. The summed E-state index contributed by atoms with van der Waals surface area (Å²) in [6.07, 6.45) is 1.03. The van der Waals surface area contributed by atoms with Gasteiger partial charge in [0.2, 0.25) is 11.8 Å². The van der Waals surface area contributed by atoms with E-state index in [1.165, 1.54) is 17.0 Å². The Labute approximate surface area is 240 Å². The highest BCUT2D eigenvalue weighted by Gasteiger charge is 2.34. The molecule has 1 N–H and O–H groups in total. The molecule has 208 valence electrons. The summed E-state index contributed by atoms with van der Waals surface area (Å²) in [5.74, 6) is -0.863. The van der Waals surface area contributed by atoms with E-state index in [1.807, 2.05) is 13.8 Å². The number of benzene rings is 3. The molecule has 0 bridgehead atoms. The second kappa shape index (κ2) is 13.8. The minimum atomic E-state index is -4.10. The summed E-state index contributed by atoms with van der Waals surface area (Å²) in [4.78, 5) is 28.8. The Bertz CT molecular complexity index is 1370. The van der Waals surface area contributed by atoms with Crippen molar-refractivity contribution in [2.75, 3.05) is 10.8 Å². The van der Waals surface area contributed by atoms with Gasteiger partial charge >= 0.3 is 0 Å². The SMILES string of the molecule is CC[C@@H](C)NC(=O)[C@@H](CC)N(Cc1ccc(Cl)cc1Cl)C(=O)CN(c1ccccc1)S(=O)(=O)c1ccccc1. The molecular weight excluding hydrogens is 557 g/mol. The second-order valence-electron chi connectivity index (χ2n) is 9.16. The molecule has 0 aliphatic rings. The van der Waals surface area contributed by atoms with E-state index in [9.17, 15) is 18.0 Å². The summed E-state index contributed by atoms with van der Waals surface area (Å²) < 4.78 is 28.5. The maximum Gasteiger partial charge on any atom is 0.264 e. The average Bonchev–Trinajstić information content (AvgIpc) is 2.93. The zero-order valence-electron chi connectivity index (χ0n) is 22.2. The lowest BCUT2D eigenvalue weighted by atomic mass is 10.1. The number of amides is 2. The number of nitrogens with one attached hydrogen (secondary N) is 1. The quantitative estimate of drug-likeness (QED) is 0.284. The molecule has 2 atom stereocenters. The van der Waals surface area contributed by atoms with E-state index in [-0.39, 0.29) is 23.4 Å². The van der Waals surface area contributed by atoms with Gasteiger partial charge in [0.15, 0.2) is 0 Å². The van der Waals surface area contributed by atoms with Crippen LogP contribution in [0.15, 0.2) is 83.8 Å². The number of halogens is 2. The standard InChI is InChI=1S/C29H33Cl2N3O4S/c1-4-21(3)32-29(36)27(5-2)33(19-22-16-17-23(30)18-26(22)31)28(35)20-34(24-12-8-6-9-13-24)39(37,38)25-14-10-7-11-15-25/h6-18,21,27H,4-5,19-20H2,1-3H3,(H,32,36)/t21-,27-/m1/s1. The zero-order chi connectivity index (χ0) is 28.6. The lowest BCUT2D eigenvalue weighted by Gasteiger charge is -2.34. The zero-order valence-corrected chi connectivity index (χ0v) is 24.5. The Morgan fingerprint density at radius 3 is 2.08 bits per heavy atom. The van der Waals surface area contributed by atoms with Crippen LogP contribution in [0.5, 0.6) is 0 Å². The van der Waals surface area contributed by atoms with Gasteiger partial charge in [-0.15, -0.1) is 0 Å². The van der Waals surface area contributed by atoms with Crippen LogP contribution in [0.2, 0.25) is 10.0 Å². The summed E-state index contributed by atoms with van der Waals surface area (Å²) >= 11 is 12.5. The van der Waals surface area contributed by atoms with Gasteiger partial charge in [0.25, 0.3) is 10.0 Å². The summed E-state index contributed by atoms with van der Waals surface area (Å²) in [6.45, 7) is 5.13. The Morgan fingerprint density at radius 1 is 0.897 bits per heavy atom. The van der Waals surface area contributed by atoms with Crippen LogP contribution in [-0.4, -0.2) is 43.8 Å². The van der Waals surface area contributed by atoms with Crippen molar-refractivity contribution >= 4 is 50.7 Å². The smallest absolute Gasteiger partial charge is 0.264 e. The molecule has 0 radical (unpaired) electrons. The summed E-state index contributed by atoms with van der Waals surface area (Å²) in [5, 5.41) is 3.73. The molecule has 3 aromatic carbocycles. The lowest BCUT2D eigenvalue weighted by Crippen LogP contribution is -2.53. The van der Waals surface area contributed by atoms with Gasteiger partial charge in [-0.1, -0.05) is 79.5 Å². The molecule has 0 saturated carbocycles. The van der Waals surface area contributed by atoms with Gasteiger partial charge in [-0.3, -0.25) is 13.9 Å². The van der Waals surface area contributed by atoms with Gasteiger partial charge in [0.05, 0.1) is 10.6 Å². The highest BCUT2D eigenvalue weighted by molar-refractivity contribution is 7.92. The normalized spacial score (nSPS) is 12.8. The first-order valence-electron chi connectivity index (χ1n) is 12.7. The fourth-order valence-corrected chi connectivity index (χ4v) is 5.94. The van der Waals surface area contributed by atoms with Crippen molar-refractivity contribution < 1.29 is 18.0 Å². The average molecular weight is 591 g/mol. The van der Waals surface area contributed by atoms with Gasteiger partial charge in [0.1, 0.15) is 12.6 Å². The van der Waals surface area contributed by atoms with Crippen molar-refractivity contribution in [2.24, 2.45) is 0 Å². The third-order valence-electron chi connectivity index (χ3n) is 6.40. The molecule has 0 aliphatic heterocycles. The molecule has 0 fully saturated rings. The Morgan fingerprint density at radius 2 is 1.51 bits per heavy atom. The molecule has 0 aliphatic carbocycles. The molecule has 39 heavy (non-hydrogen) atoms. The van der Waals surface area contributed by atoms with Crippen LogP contribution < -0.4 is 9.62 Å². The van der Waals surface area contributed by atoms with E-state index in [0.717, 1.165) is 10.7 Å². The molecule has 10 heteroatoms. The molecule has 3 aromatic rings. The number of sulfonamides is 1. The maximum absolute atomic E-state index is 14.0. The predicted octanol–water partition coefficient (Wildman–Crippen LogP) is 5.91. The van der Waals surface area contributed by atoms with Crippen LogP contribution in [0.25, 0.3) is 0 Å². The van der Waals surface area contributed by atoms with Gasteiger partial charge in [-0.25, -0.2) is 8.42 Å². The number of hydrogen-bond donors (Lipinski definition) is 1. The third kappa shape index (κ3) is 7.75. The van der Waals surface area contributed by atoms with E-state index in [2.05, 4.69) is 5.32 Å². The first-order chi connectivity index (χ1) is 18.6. The van der Waals surface area contributed by atoms with E-state index < -0.39 is 28.5 Å². The molecule has 0 heterocycles. The van der Waals surface area contributed by atoms with E-state index in [4.69, 9.17) is 23.2 Å². The van der Waals surface area contributed by atoms with Gasteiger partial charge in [0, 0.05) is 22.6 Å². The number of para-hydroxylation sites is 1. The molecule has 0 saturated heterocycles. The first kappa shape index (κ1) is 30.5. The Kier molecular flexibility index (Phi) is 10.8. The predicted molar refractivity (Wildman–Crippen MR) is 156 cm³/mol. The number of anilines is 1. The minimum Gasteiger partial charge on any atom is -0.352 e. The Balaban J connectivity index is 2.05. The van der Waals surface area contributed by atoms with Crippen LogP contribution in [-0.2, 0) is 26.2 Å². The van der Waals surface area contributed by atoms with Gasteiger partial charge in [-0.2, -0.15) is 0 Å². The fraction of sp³-hybridized carbons (Fsp3) is 0.310. The van der Waals surface area contributed by atoms with Crippen LogP contribution >= 0.6 is 23.2 Å². The molecule has 0 unspecified atom stereocenters. The second-order valence-corrected chi connectivity index (χ2v) is 11.9. The van der Waals surface area contributed by atoms with Crippen molar-refractivity contribution in [3.8, 4) is 0 Å². The van der Waals surface area contributed by atoms with Crippen LogP contribution in [0, 0.1) is 0 Å². The summed E-state index contributed by atoms with van der Waals surface area (Å²) in [7, 11) is -4.10. The molecule has 0 spiro atoms. The van der Waals surface area contributed by atoms with Crippen LogP contribution in [0.4, 0.5) is 5.69 Å². The maximum atomic E-state index is 14.0. The largest absolute Gasteiger partial charge is 0.352 e. The number of hydrogen-bond acceptors (Lipinski definition) is 4. The van der Waals surface area contributed by atoms with Crippen molar-refractivity contribution in [1.29, 1.82) is 0 Å². The molecule has 0 aromatic heterocycles. The number of carbonyl (C=O) groups excluding carboxylic acids is 2. The van der Waals surface area contributed by atoms with E-state index in [0.29, 0.717) is 27.7 Å². The van der Waals surface area contributed by atoms with E-state index in [1.54, 1.807) is 73.7 Å². The number of nitrogens with zero attached hydrogens (tertiary/aromatic N) is 2. The van der Waals surface area contributed by atoms with Crippen molar-refractivity contribution in [2.45, 2.75) is 57.1 Å². The fourth-order valence-electron chi connectivity index (χ4n) is 4.04. The topological polar surface area (TPSA) is 86.8 Å². The third-order valence-corrected chi connectivity index (χ3v) is 8.77. The first-order valence-corrected chi connectivity index (χ1v) is 14.9. The summed E-state index contributed by atoms with van der Waals surface area (Å²) in [6, 6.07) is 20.3. The van der Waals surface area contributed by atoms with E-state index >= 15 is 0 Å². The molecule has 3 rings (SSSR count). The Hall–Kier alpha value is -3.07. The summed E-state index contributed by atoms with van der Waals surface area (Å²) in [5.41, 5.74) is 0.915. The highest BCUT2D eigenvalue weighted by atomic mass is 35.5. The van der Waals surface area contributed by atoms with Crippen LogP contribution in [0.3, 0.4) is 0 Å². The van der Waals surface area contributed by atoms with Crippen molar-refractivity contribution in [3.05, 3.63) is 94.5 Å². The van der Waals surface area contributed by atoms with Crippen molar-refractivity contribution in [3.63, 3.8) is 0 Å². The monoisotopic (exact) mass is 589 g/mol. The van der Waals surface area contributed by atoms with Crippen molar-refractivity contribution in [1.82, 2.24) is 10.2 Å². The van der Waals surface area contributed by atoms with Crippen LogP contribution in [0.1, 0.15) is 39.2 Å². The van der Waals surface area contributed by atoms with Gasteiger partial charge in [-0.05, 0) is 61.7 Å². The molecular formula is C29H33Cl2N3O4S. The van der Waals surface area contributed by atoms with Gasteiger partial charge < -0.3 is 10.2 Å². The molecule has 7 nitrogen and oxygen atoms in total. The number of rotatable bonds is 12.